The summed E-state index contributed by atoms with van der Waals surface area (Å²) in [5.74, 6) is 1.20. The molecule has 2 atom stereocenters. The molecule has 25 heavy (non-hydrogen) atoms. The lowest BCUT2D eigenvalue weighted by Gasteiger charge is -2.35. The van der Waals surface area contributed by atoms with Gasteiger partial charge in [-0.1, -0.05) is 29.3 Å². The first-order valence-corrected chi connectivity index (χ1v) is 10.5. The van der Waals surface area contributed by atoms with Crippen molar-refractivity contribution in [3.63, 3.8) is 0 Å². The van der Waals surface area contributed by atoms with Crippen LogP contribution in [0.1, 0.15) is 25.8 Å². The van der Waals surface area contributed by atoms with Crippen molar-refractivity contribution in [3.05, 3.63) is 33.8 Å². The minimum absolute atomic E-state index is 0.0683. The highest BCUT2D eigenvalue weighted by atomic mass is 35.5. The fourth-order valence-corrected chi connectivity index (χ4v) is 4.36. The van der Waals surface area contributed by atoms with E-state index in [0.29, 0.717) is 28.1 Å². The summed E-state index contributed by atoms with van der Waals surface area (Å²) in [6.07, 6.45) is 1.53. The number of morpholine rings is 1. The molecule has 2 rings (SSSR count). The van der Waals surface area contributed by atoms with Crippen molar-refractivity contribution in [2.24, 2.45) is 0 Å². The molecule has 0 bridgehead atoms. The summed E-state index contributed by atoms with van der Waals surface area (Å²) in [6, 6.07) is 5.45. The third-order valence-electron chi connectivity index (χ3n) is 3.97. The van der Waals surface area contributed by atoms with E-state index in [1.54, 1.807) is 17.8 Å². The highest BCUT2D eigenvalue weighted by Crippen LogP contribution is 2.24. The molecule has 1 heterocycles. The molecule has 4 nitrogen and oxygen atoms in total. The third-order valence-corrected chi connectivity index (χ3v) is 5.54. The standard InChI is InChI=1S/C18H26Cl2N2O2S/c1-13-9-22(10-14(2)24-13)7-3-6-21-18(23)12-25-11-15-4-5-16(19)8-17(15)20/h4-5,8,13-14H,3,6-7,9-12H2,1-2H3,(H,21,23). The predicted octanol–water partition coefficient (Wildman–Crippen LogP) is 3.84. The monoisotopic (exact) mass is 404 g/mol. The first-order chi connectivity index (χ1) is 11.9. The molecule has 0 radical (unpaired) electrons. The Morgan fingerprint density at radius 2 is 2.04 bits per heavy atom. The van der Waals surface area contributed by atoms with E-state index in [1.807, 2.05) is 12.1 Å². The molecule has 1 saturated heterocycles. The molecule has 1 amide bonds. The molecule has 7 heteroatoms. The summed E-state index contributed by atoms with van der Waals surface area (Å²) in [4.78, 5) is 14.3. The van der Waals surface area contributed by atoms with Crippen LogP contribution >= 0.6 is 35.0 Å². The number of carbonyl (C=O) groups is 1. The van der Waals surface area contributed by atoms with Gasteiger partial charge in [-0.25, -0.2) is 0 Å². The van der Waals surface area contributed by atoms with E-state index in [0.717, 1.165) is 31.6 Å². The number of hydrogen-bond acceptors (Lipinski definition) is 4. The normalized spacial score (nSPS) is 21.3. The molecular formula is C18H26Cl2N2O2S. The van der Waals surface area contributed by atoms with Crippen molar-refractivity contribution < 1.29 is 9.53 Å². The van der Waals surface area contributed by atoms with Crippen molar-refractivity contribution in [1.29, 1.82) is 0 Å². The van der Waals surface area contributed by atoms with Crippen LogP contribution in [-0.4, -0.2) is 54.9 Å². The van der Waals surface area contributed by atoms with Gasteiger partial charge < -0.3 is 10.1 Å². The van der Waals surface area contributed by atoms with Crippen LogP contribution in [0.2, 0.25) is 10.0 Å². The number of carbonyl (C=O) groups excluding carboxylic acids is 1. The van der Waals surface area contributed by atoms with Crippen LogP contribution in [0.25, 0.3) is 0 Å². The largest absolute Gasteiger partial charge is 0.373 e. The maximum Gasteiger partial charge on any atom is 0.230 e. The van der Waals surface area contributed by atoms with Crippen molar-refractivity contribution >= 4 is 40.9 Å². The van der Waals surface area contributed by atoms with Gasteiger partial charge >= 0.3 is 0 Å². The lowest BCUT2D eigenvalue weighted by atomic mass is 10.2. The molecule has 1 aromatic carbocycles. The zero-order valence-electron chi connectivity index (χ0n) is 14.8. The predicted molar refractivity (Wildman–Crippen MR) is 107 cm³/mol. The molecule has 2 unspecified atom stereocenters. The Hall–Kier alpha value is -0.460. The van der Waals surface area contributed by atoms with E-state index in [-0.39, 0.29) is 18.1 Å². The lowest BCUT2D eigenvalue weighted by Crippen LogP contribution is -2.46. The summed E-state index contributed by atoms with van der Waals surface area (Å²) >= 11 is 13.6. The molecule has 0 spiro atoms. The van der Waals surface area contributed by atoms with Crippen LogP contribution in [-0.2, 0) is 15.3 Å². The van der Waals surface area contributed by atoms with E-state index in [1.165, 1.54) is 0 Å². The number of rotatable bonds is 8. The van der Waals surface area contributed by atoms with Crippen LogP contribution in [0.5, 0.6) is 0 Å². The molecule has 1 aromatic rings. The lowest BCUT2D eigenvalue weighted by molar-refractivity contribution is -0.118. The van der Waals surface area contributed by atoms with Gasteiger partial charge in [0.15, 0.2) is 0 Å². The average Bonchev–Trinajstić information content (AvgIpc) is 2.53. The van der Waals surface area contributed by atoms with Crippen LogP contribution in [0, 0.1) is 0 Å². The molecule has 1 N–H and O–H groups in total. The summed E-state index contributed by atoms with van der Waals surface area (Å²) in [7, 11) is 0. The van der Waals surface area contributed by atoms with Gasteiger partial charge in [-0.05, 0) is 38.0 Å². The fraction of sp³-hybridized carbons (Fsp3) is 0.611. The van der Waals surface area contributed by atoms with Crippen molar-refractivity contribution in [3.8, 4) is 0 Å². The van der Waals surface area contributed by atoms with Crippen LogP contribution in [0.4, 0.5) is 0 Å². The molecule has 0 aliphatic carbocycles. The maximum absolute atomic E-state index is 11.9. The van der Waals surface area contributed by atoms with Gasteiger partial charge in [0.2, 0.25) is 5.91 Å². The molecule has 1 fully saturated rings. The second-order valence-electron chi connectivity index (χ2n) is 6.45. The SMILES string of the molecule is CC1CN(CCCNC(=O)CSCc2ccc(Cl)cc2Cl)CC(C)O1. The topological polar surface area (TPSA) is 41.6 Å². The Labute approximate surface area is 164 Å². The molecule has 0 saturated carbocycles. The Morgan fingerprint density at radius 3 is 2.72 bits per heavy atom. The van der Waals surface area contributed by atoms with E-state index in [9.17, 15) is 4.79 Å². The zero-order chi connectivity index (χ0) is 18.2. The number of nitrogens with one attached hydrogen (secondary N) is 1. The van der Waals surface area contributed by atoms with Crippen LogP contribution < -0.4 is 5.32 Å². The number of benzene rings is 1. The number of thioether (sulfide) groups is 1. The van der Waals surface area contributed by atoms with Gasteiger partial charge in [0, 0.05) is 42.0 Å². The van der Waals surface area contributed by atoms with E-state index < -0.39 is 0 Å². The summed E-state index contributed by atoms with van der Waals surface area (Å²) in [5, 5.41) is 4.26. The first kappa shape index (κ1) is 20.8. The van der Waals surface area contributed by atoms with Gasteiger partial charge in [0.05, 0.1) is 18.0 Å². The van der Waals surface area contributed by atoms with Gasteiger partial charge in [-0.15, -0.1) is 11.8 Å². The third kappa shape index (κ3) is 7.75. The van der Waals surface area contributed by atoms with Crippen LogP contribution in [0.3, 0.4) is 0 Å². The van der Waals surface area contributed by atoms with E-state index >= 15 is 0 Å². The molecule has 1 aliphatic rings. The van der Waals surface area contributed by atoms with Crippen molar-refractivity contribution in [2.45, 2.75) is 38.2 Å². The molecular weight excluding hydrogens is 379 g/mol. The smallest absolute Gasteiger partial charge is 0.230 e. The van der Waals surface area contributed by atoms with Crippen LogP contribution in [0.15, 0.2) is 18.2 Å². The van der Waals surface area contributed by atoms with E-state index in [2.05, 4.69) is 24.1 Å². The van der Waals surface area contributed by atoms with Crippen molar-refractivity contribution in [1.82, 2.24) is 10.2 Å². The van der Waals surface area contributed by atoms with Gasteiger partial charge in [-0.3, -0.25) is 9.69 Å². The zero-order valence-corrected chi connectivity index (χ0v) is 17.1. The Balaban J connectivity index is 1.56. The highest BCUT2D eigenvalue weighted by Gasteiger charge is 2.21. The number of hydrogen-bond donors (Lipinski definition) is 1. The molecule has 1 aliphatic heterocycles. The minimum atomic E-state index is 0.0683. The number of ether oxygens (including phenoxy) is 1. The maximum atomic E-state index is 11.9. The Kier molecular flexibility index (Phi) is 8.87. The van der Waals surface area contributed by atoms with Gasteiger partial charge in [-0.2, -0.15) is 0 Å². The van der Waals surface area contributed by atoms with Gasteiger partial charge in [0.1, 0.15) is 0 Å². The Bertz CT molecular complexity index is 564. The fourth-order valence-electron chi connectivity index (χ4n) is 2.94. The summed E-state index contributed by atoms with van der Waals surface area (Å²) < 4.78 is 5.73. The first-order valence-electron chi connectivity index (χ1n) is 8.60. The quantitative estimate of drug-likeness (QED) is 0.668. The molecule has 0 aromatic heterocycles. The van der Waals surface area contributed by atoms with E-state index in [4.69, 9.17) is 27.9 Å². The number of halogens is 2. The van der Waals surface area contributed by atoms with Crippen molar-refractivity contribution in [2.75, 3.05) is 31.9 Å². The summed E-state index contributed by atoms with van der Waals surface area (Å²) in [6.45, 7) is 7.85. The summed E-state index contributed by atoms with van der Waals surface area (Å²) in [5.41, 5.74) is 0.999. The second-order valence-corrected chi connectivity index (χ2v) is 8.28. The number of nitrogens with zero attached hydrogens (tertiary/aromatic N) is 1. The van der Waals surface area contributed by atoms with Gasteiger partial charge in [0.25, 0.3) is 0 Å². The minimum Gasteiger partial charge on any atom is -0.373 e. The number of amides is 1. The molecule has 140 valence electrons. The second kappa shape index (κ2) is 10.6. The average molecular weight is 405 g/mol. The Morgan fingerprint density at radius 1 is 1.32 bits per heavy atom. The highest BCUT2D eigenvalue weighted by molar-refractivity contribution is 7.99.